The Morgan fingerprint density at radius 2 is 1.97 bits per heavy atom. The summed E-state index contributed by atoms with van der Waals surface area (Å²) in [6.07, 6.45) is 5.87. The molecule has 4 aromatic rings. The largest absolute Gasteiger partial charge is 0.459 e. The Balaban J connectivity index is 1.48. The molecule has 0 saturated carbocycles. The maximum absolute atomic E-state index is 12.5. The van der Waals surface area contributed by atoms with E-state index >= 15 is 0 Å². The van der Waals surface area contributed by atoms with Crippen molar-refractivity contribution in [2.24, 2.45) is 0 Å². The van der Waals surface area contributed by atoms with Crippen molar-refractivity contribution in [3.8, 4) is 11.5 Å². The highest BCUT2D eigenvalue weighted by atomic mass is 16.5. The Labute approximate surface area is 169 Å². The van der Waals surface area contributed by atoms with Gasteiger partial charge in [0.25, 0.3) is 0 Å². The molecule has 0 aliphatic rings. The van der Waals surface area contributed by atoms with Crippen molar-refractivity contribution >= 4 is 17.1 Å². The normalized spacial score (nSPS) is 12.2. The van der Waals surface area contributed by atoms with E-state index in [9.17, 15) is 4.79 Å². The predicted octanol–water partition coefficient (Wildman–Crippen LogP) is 4.94. The minimum atomic E-state index is -0.366. The van der Waals surface area contributed by atoms with Crippen LogP contribution >= 0.6 is 0 Å². The van der Waals surface area contributed by atoms with Crippen LogP contribution in [0.1, 0.15) is 34.8 Å². The molecule has 0 aliphatic carbocycles. The number of aryl methyl sites for hydroxylation is 3. The number of imidazole rings is 1. The van der Waals surface area contributed by atoms with Crippen LogP contribution in [0.25, 0.3) is 22.6 Å². The molecule has 0 spiro atoms. The van der Waals surface area contributed by atoms with E-state index in [2.05, 4.69) is 16.0 Å². The van der Waals surface area contributed by atoms with Crippen molar-refractivity contribution in [1.29, 1.82) is 0 Å². The summed E-state index contributed by atoms with van der Waals surface area (Å²) in [6.45, 7) is 6.72. The molecule has 0 N–H and O–H groups in total. The van der Waals surface area contributed by atoms with Gasteiger partial charge in [0.05, 0.1) is 11.9 Å². The molecule has 6 nitrogen and oxygen atoms in total. The molecule has 0 saturated heterocycles. The van der Waals surface area contributed by atoms with Crippen LogP contribution in [-0.4, -0.2) is 26.6 Å². The fourth-order valence-electron chi connectivity index (χ4n) is 3.33. The van der Waals surface area contributed by atoms with Gasteiger partial charge in [-0.25, -0.2) is 14.8 Å². The molecule has 4 rings (SSSR count). The second-order valence-corrected chi connectivity index (χ2v) is 7.38. The van der Waals surface area contributed by atoms with Crippen molar-refractivity contribution < 1.29 is 13.9 Å². The van der Waals surface area contributed by atoms with E-state index in [-0.39, 0.29) is 12.1 Å². The average molecular weight is 389 g/mol. The third-order valence-electron chi connectivity index (χ3n) is 4.75. The van der Waals surface area contributed by atoms with Crippen LogP contribution in [0.15, 0.2) is 59.5 Å². The van der Waals surface area contributed by atoms with Gasteiger partial charge < -0.3 is 13.7 Å². The summed E-state index contributed by atoms with van der Waals surface area (Å²) < 4.78 is 13.5. The van der Waals surface area contributed by atoms with Crippen molar-refractivity contribution in [1.82, 2.24) is 14.5 Å². The van der Waals surface area contributed by atoms with Gasteiger partial charge in [0.15, 0.2) is 5.58 Å². The van der Waals surface area contributed by atoms with Gasteiger partial charge in [0.1, 0.15) is 11.6 Å². The molecule has 2 heterocycles. The Hall–Kier alpha value is -3.41. The summed E-state index contributed by atoms with van der Waals surface area (Å²) in [5.74, 6) is 0.181. The summed E-state index contributed by atoms with van der Waals surface area (Å²) >= 11 is 0. The van der Waals surface area contributed by atoms with Crippen LogP contribution in [0.4, 0.5) is 0 Å². The fraction of sp³-hybridized carbons (Fsp3) is 0.261. The first-order chi connectivity index (χ1) is 14.0. The van der Waals surface area contributed by atoms with Crippen molar-refractivity contribution in [2.45, 2.75) is 39.8 Å². The Bertz CT molecular complexity index is 1130. The molecule has 29 heavy (non-hydrogen) atoms. The highest BCUT2D eigenvalue weighted by molar-refractivity contribution is 5.93. The van der Waals surface area contributed by atoms with Crippen LogP contribution in [0, 0.1) is 13.8 Å². The van der Waals surface area contributed by atoms with E-state index in [4.69, 9.17) is 9.15 Å². The molecule has 6 heteroatoms. The molecule has 2 aromatic heterocycles. The van der Waals surface area contributed by atoms with Gasteiger partial charge in [-0.2, -0.15) is 0 Å². The average Bonchev–Trinajstić information content (AvgIpc) is 3.34. The minimum Gasteiger partial charge on any atom is -0.459 e. The third-order valence-corrected chi connectivity index (χ3v) is 4.75. The van der Waals surface area contributed by atoms with E-state index < -0.39 is 0 Å². The second kappa shape index (κ2) is 7.91. The number of aromatic nitrogens is 3. The van der Waals surface area contributed by atoms with Gasteiger partial charge in [-0.15, -0.1) is 0 Å². The van der Waals surface area contributed by atoms with Crippen LogP contribution in [-0.2, 0) is 11.3 Å². The van der Waals surface area contributed by atoms with Gasteiger partial charge in [0.2, 0.25) is 5.89 Å². The second-order valence-electron chi connectivity index (χ2n) is 7.38. The van der Waals surface area contributed by atoms with E-state index in [0.29, 0.717) is 29.0 Å². The molecule has 0 fully saturated rings. The van der Waals surface area contributed by atoms with Crippen LogP contribution in [0.3, 0.4) is 0 Å². The molecule has 2 aromatic carbocycles. The van der Waals surface area contributed by atoms with Gasteiger partial charge >= 0.3 is 5.97 Å². The highest BCUT2D eigenvalue weighted by Crippen LogP contribution is 2.27. The first-order valence-electron chi connectivity index (χ1n) is 9.64. The number of esters is 1. The first-order valence-corrected chi connectivity index (χ1v) is 9.64. The van der Waals surface area contributed by atoms with Crippen molar-refractivity contribution in [2.75, 3.05) is 0 Å². The van der Waals surface area contributed by atoms with Crippen LogP contribution in [0.2, 0.25) is 0 Å². The Kier molecular flexibility index (Phi) is 5.16. The van der Waals surface area contributed by atoms with E-state index in [1.54, 1.807) is 30.7 Å². The number of hydrogen-bond donors (Lipinski definition) is 0. The van der Waals surface area contributed by atoms with Crippen molar-refractivity contribution in [3.05, 3.63) is 71.8 Å². The standard InChI is InChI=1S/C23H23N3O3/c1-15-10-16(2)12-19(11-15)22-25-20-5-4-18(13-21(20)29-22)23(27)28-17(3)6-8-26-9-7-24-14-26/h4-5,7,9-14,17H,6,8H2,1-3H3. The maximum atomic E-state index is 12.5. The zero-order valence-electron chi connectivity index (χ0n) is 16.8. The molecule has 0 bridgehead atoms. The third kappa shape index (κ3) is 4.37. The molecule has 1 unspecified atom stereocenters. The lowest BCUT2D eigenvalue weighted by atomic mass is 10.1. The van der Waals surface area contributed by atoms with E-state index in [1.807, 2.05) is 43.7 Å². The number of nitrogens with zero attached hydrogens (tertiary/aromatic N) is 3. The van der Waals surface area contributed by atoms with Crippen LogP contribution < -0.4 is 0 Å². The molecule has 0 amide bonds. The number of oxazole rings is 1. The Morgan fingerprint density at radius 3 is 2.69 bits per heavy atom. The summed E-state index contributed by atoms with van der Waals surface area (Å²) in [5.41, 5.74) is 4.96. The fourth-order valence-corrected chi connectivity index (χ4v) is 3.33. The summed E-state index contributed by atoms with van der Waals surface area (Å²) in [7, 11) is 0. The summed E-state index contributed by atoms with van der Waals surface area (Å²) in [4.78, 5) is 21.1. The smallest absolute Gasteiger partial charge is 0.338 e. The molecular weight excluding hydrogens is 366 g/mol. The number of carbonyl (C=O) groups is 1. The number of rotatable bonds is 6. The number of hydrogen-bond acceptors (Lipinski definition) is 5. The number of benzene rings is 2. The zero-order valence-corrected chi connectivity index (χ0v) is 16.8. The Morgan fingerprint density at radius 1 is 1.17 bits per heavy atom. The van der Waals surface area contributed by atoms with Crippen molar-refractivity contribution in [3.63, 3.8) is 0 Å². The summed E-state index contributed by atoms with van der Waals surface area (Å²) in [6, 6.07) is 11.4. The lowest BCUT2D eigenvalue weighted by Crippen LogP contribution is -2.17. The van der Waals surface area contributed by atoms with E-state index in [0.717, 1.165) is 23.2 Å². The lowest BCUT2D eigenvalue weighted by molar-refractivity contribution is 0.0316. The SMILES string of the molecule is Cc1cc(C)cc(-c2nc3ccc(C(=O)OC(C)CCn4ccnc4)cc3o2)c1. The molecular formula is C23H23N3O3. The van der Waals surface area contributed by atoms with Gasteiger partial charge in [0, 0.05) is 30.9 Å². The molecule has 148 valence electrons. The molecule has 0 aliphatic heterocycles. The van der Waals surface area contributed by atoms with Gasteiger partial charge in [-0.05, 0) is 51.1 Å². The lowest BCUT2D eigenvalue weighted by Gasteiger charge is -2.13. The predicted molar refractivity (Wildman–Crippen MR) is 111 cm³/mol. The number of ether oxygens (including phenoxy) is 1. The van der Waals surface area contributed by atoms with E-state index in [1.165, 1.54) is 0 Å². The molecule has 0 radical (unpaired) electrons. The highest BCUT2D eigenvalue weighted by Gasteiger charge is 2.15. The topological polar surface area (TPSA) is 70.2 Å². The van der Waals surface area contributed by atoms with Crippen LogP contribution in [0.5, 0.6) is 0 Å². The van der Waals surface area contributed by atoms with Gasteiger partial charge in [-0.3, -0.25) is 0 Å². The minimum absolute atomic E-state index is 0.207. The maximum Gasteiger partial charge on any atom is 0.338 e. The van der Waals surface area contributed by atoms with Gasteiger partial charge in [-0.1, -0.05) is 17.2 Å². The summed E-state index contributed by atoms with van der Waals surface area (Å²) in [5, 5.41) is 0. The first kappa shape index (κ1) is 18.9. The number of fused-ring (bicyclic) bond motifs is 1. The zero-order chi connectivity index (χ0) is 20.4. The monoisotopic (exact) mass is 389 g/mol. The number of carbonyl (C=O) groups excluding carboxylic acids is 1. The molecule has 1 atom stereocenters. The quantitative estimate of drug-likeness (QED) is 0.437.